The predicted molar refractivity (Wildman–Crippen MR) is 85.0 cm³/mol. The lowest BCUT2D eigenvalue weighted by Crippen LogP contribution is -2.42. The zero-order chi connectivity index (χ0) is 16.9. The molecule has 128 valence electrons. The molecule has 2 heterocycles. The molecule has 1 aromatic carbocycles. The maximum atomic E-state index is 11.1. The van der Waals surface area contributed by atoms with Crippen LogP contribution >= 0.6 is 0 Å². The summed E-state index contributed by atoms with van der Waals surface area (Å²) >= 11 is 0. The van der Waals surface area contributed by atoms with E-state index in [1.807, 2.05) is 0 Å². The van der Waals surface area contributed by atoms with Crippen LogP contribution in [0.1, 0.15) is 10.4 Å². The van der Waals surface area contributed by atoms with Gasteiger partial charge >= 0.3 is 0 Å². The average Bonchev–Trinajstić information content (AvgIpc) is 3.04. The van der Waals surface area contributed by atoms with Gasteiger partial charge in [-0.3, -0.25) is 9.69 Å². The molecule has 0 aliphatic carbocycles. The molecule has 1 saturated heterocycles. The van der Waals surface area contributed by atoms with E-state index in [1.54, 1.807) is 24.3 Å². The molecule has 3 N–H and O–H groups in total. The number of ether oxygens (including phenoxy) is 1. The van der Waals surface area contributed by atoms with E-state index in [2.05, 4.69) is 20.3 Å². The Labute approximate surface area is 139 Å². The van der Waals surface area contributed by atoms with Gasteiger partial charge in [0, 0.05) is 30.8 Å². The smallest absolute Gasteiger partial charge is 0.248 e. The Morgan fingerprint density at radius 3 is 2.62 bits per heavy atom. The number of tetrazole rings is 1. The molecule has 9 nitrogen and oxygen atoms in total. The number of nitrogens with zero attached hydrogens (tertiary/aromatic N) is 5. The monoisotopic (exact) mass is 332 g/mol. The van der Waals surface area contributed by atoms with Crippen LogP contribution in [0.3, 0.4) is 0 Å². The summed E-state index contributed by atoms with van der Waals surface area (Å²) < 4.78 is 5.28. The lowest BCUT2D eigenvalue weighted by atomic mass is 10.1. The van der Waals surface area contributed by atoms with Crippen molar-refractivity contribution in [3.8, 4) is 11.4 Å². The number of primary amides is 1. The van der Waals surface area contributed by atoms with Gasteiger partial charge in [-0.05, 0) is 17.3 Å². The third-order valence-electron chi connectivity index (χ3n) is 3.83. The number of hydrogen-bond acceptors (Lipinski definition) is 7. The first-order valence-corrected chi connectivity index (χ1v) is 7.78. The van der Waals surface area contributed by atoms with E-state index in [1.165, 1.54) is 4.80 Å². The molecule has 1 aromatic heterocycles. The van der Waals surface area contributed by atoms with E-state index >= 15 is 0 Å². The number of rotatable bonds is 6. The molecule has 0 saturated carbocycles. The molecule has 1 fully saturated rings. The molecule has 0 spiro atoms. The highest BCUT2D eigenvalue weighted by Gasteiger charge is 2.16. The number of aromatic nitrogens is 4. The van der Waals surface area contributed by atoms with Crippen LogP contribution in [-0.4, -0.2) is 75.1 Å². The Morgan fingerprint density at radius 1 is 1.25 bits per heavy atom. The Morgan fingerprint density at radius 2 is 1.96 bits per heavy atom. The van der Waals surface area contributed by atoms with Gasteiger partial charge in [-0.1, -0.05) is 12.1 Å². The number of β-amino-alcohol motifs (C(OH)–C–C–N with tert-alkyl or cyclic N) is 1. The molecule has 1 aliphatic rings. The van der Waals surface area contributed by atoms with Crippen molar-refractivity contribution in [2.45, 2.75) is 12.6 Å². The largest absolute Gasteiger partial charge is 0.390 e. The lowest BCUT2D eigenvalue weighted by molar-refractivity contribution is 0.00988. The summed E-state index contributed by atoms with van der Waals surface area (Å²) in [5, 5.41) is 22.4. The van der Waals surface area contributed by atoms with Gasteiger partial charge < -0.3 is 15.6 Å². The number of hydrogen-bond donors (Lipinski definition) is 2. The minimum absolute atomic E-state index is 0.268. The molecule has 24 heavy (non-hydrogen) atoms. The van der Waals surface area contributed by atoms with Crippen LogP contribution < -0.4 is 5.73 Å². The van der Waals surface area contributed by atoms with Gasteiger partial charge in [-0.2, -0.15) is 4.80 Å². The fourth-order valence-electron chi connectivity index (χ4n) is 2.55. The third-order valence-corrected chi connectivity index (χ3v) is 3.83. The van der Waals surface area contributed by atoms with E-state index in [9.17, 15) is 9.90 Å². The number of amides is 1. The Kier molecular flexibility index (Phi) is 5.14. The van der Waals surface area contributed by atoms with Gasteiger partial charge in [0.05, 0.1) is 25.9 Å². The fourth-order valence-corrected chi connectivity index (χ4v) is 2.55. The first-order valence-electron chi connectivity index (χ1n) is 7.78. The van der Waals surface area contributed by atoms with Crippen LogP contribution in [0.25, 0.3) is 11.4 Å². The van der Waals surface area contributed by atoms with E-state index in [0.717, 1.165) is 18.7 Å². The number of benzene rings is 1. The van der Waals surface area contributed by atoms with E-state index in [-0.39, 0.29) is 6.54 Å². The summed E-state index contributed by atoms with van der Waals surface area (Å²) in [5.74, 6) is -0.0472. The molecule has 3 rings (SSSR count). The fraction of sp³-hybridized carbons (Fsp3) is 0.467. The number of aliphatic hydroxyl groups is 1. The minimum Gasteiger partial charge on any atom is -0.390 e. The van der Waals surface area contributed by atoms with Crippen molar-refractivity contribution in [3.05, 3.63) is 29.8 Å². The van der Waals surface area contributed by atoms with E-state index < -0.39 is 12.0 Å². The van der Waals surface area contributed by atoms with Gasteiger partial charge in [-0.25, -0.2) is 0 Å². The molecule has 0 radical (unpaired) electrons. The van der Waals surface area contributed by atoms with Crippen LogP contribution in [0, 0.1) is 0 Å². The number of carbonyl (C=O) groups is 1. The molecule has 1 atom stereocenters. The van der Waals surface area contributed by atoms with Gasteiger partial charge in [-0.15, -0.1) is 10.2 Å². The SMILES string of the molecule is NC(=O)c1ccc(-c2nnn(C[C@@H](O)CN3CCOCC3)n2)cc1. The molecule has 9 heteroatoms. The predicted octanol–water partition coefficient (Wildman–Crippen LogP) is -0.868. The Balaban J connectivity index is 1.59. The average molecular weight is 332 g/mol. The topological polar surface area (TPSA) is 119 Å². The highest BCUT2D eigenvalue weighted by Crippen LogP contribution is 2.14. The molecule has 0 bridgehead atoms. The molecule has 1 aliphatic heterocycles. The van der Waals surface area contributed by atoms with Crippen LogP contribution in [0.4, 0.5) is 0 Å². The number of carbonyl (C=O) groups excluding carboxylic acids is 1. The van der Waals surface area contributed by atoms with Gasteiger partial charge in [0.15, 0.2) is 0 Å². The number of nitrogens with two attached hydrogens (primary N) is 1. The van der Waals surface area contributed by atoms with E-state index in [4.69, 9.17) is 10.5 Å². The van der Waals surface area contributed by atoms with Gasteiger partial charge in [0.1, 0.15) is 0 Å². The summed E-state index contributed by atoms with van der Waals surface area (Å²) in [5.41, 5.74) is 6.37. The van der Waals surface area contributed by atoms with E-state index in [0.29, 0.717) is 31.1 Å². The van der Waals surface area contributed by atoms with Crippen molar-refractivity contribution in [1.82, 2.24) is 25.1 Å². The van der Waals surface area contributed by atoms with Crippen molar-refractivity contribution in [1.29, 1.82) is 0 Å². The van der Waals surface area contributed by atoms with Gasteiger partial charge in [0.2, 0.25) is 11.7 Å². The molecule has 2 aromatic rings. The maximum Gasteiger partial charge on any atom is 0.248 e. The summed E-state index contributed by atoms with van der Waals surface area (Å²) in [7, 11) is 0. The summed E-state index contributed by atoms with van der Waals surface area (Å²) in [6.07, 6.45) is -0.581. The maximum absolute atomic E-state index is 11.1. The third kappa shape index (κ3) is 4.13. The highest BCUT2D eigenvalue weighted by molar-refractivity contribution is 5.93. The van der Waals surface area contributed by atoms with Crippen molar-refractivity contribution in [2.75, 3.05) is 32.8 Å². The highest BCUT2D eigenvalue weighted by atomic mass is 16.5. The Bertz CT molecular complexity index is 681. The van der Waals surface area contributed by atoms with Gasteiger partial charge in [0.25, 0.3) is 0 Å². The molecular weight excluding hydrogens is 312 g/mol. The normalized spacial score (nSPS) is 16.9. The summed E-state index contributed by atoms with van der Waals surface area (Å²) in [6.45, 7) is 3.84. The zero-order valence-corrected chi connectivity index (χ0v) is 13.2. The molecule has 0 unspecified atom stereocenters. The minimum atomic E-state index is -0.581. The van der Waals surface area contributed by atoms with Crippen LogP contribution in [0.5, 0.6) is 0 Å². The lowest BCUT2D eigenvalue weighted by Gasteiger charge is -2.28. The number of aliphatic hydroxyl groups excluding tert-OH is 1. The van der Waals surface area contributed by atoms with Crippen LogP contribution in [0.15, 0.2) is 24.3 Å². The van der Waals surface area contributed by atoms with Crippen molar-refractivity contribution in [2.24, 2.45) is 5.73 Å². The van der Waals surface area contributed by atoms with Crippen LogP contribution in [0.2, 0.25) is 0 Å². The second-order valence-corrected chi connectivity index (χ2v) is 5.68. The summed E-state index contributed by atoms with van der Waals surface area (Å²) in [6, 6.07) is 6.66. The van der Waals surface area contributed by atoms with Crippen molar-refractivity contribution >= 4 is 5.91 Å². The molecule has 1 amide bonds. The molecular formula is C15H20N6O3. The van der Waals surface area contributed by atoms with Crippen molar-refractivity contribution in [3.63, 3.8) is 0 Å². The Hall–Kier alpha value is -2.36. The van der Waals surface area contributed by atoms with Crippen LogP contribution in [-0.2, 0) is 11.3 Å². The first-order chi connectivity index (χ1) is 11.6. The second-order valence-electron chi connectivity index (χ2n) is 5.68. The first kappa shape index (κ1) is 16.5. The second kappa shape index (κ2) is 7.47. The quantitative estimate of drug-likeness (QED) is 0.706. The number of morpholine rings is 1. The van der Waals surface area contributed by atoms with Crippen molar-refractivity contribution < 1.29 is 14.6 Å². The zero-order valence-electron chi connectivity index (χ0n) is 13.2. The standard InChI is InChI=1S/C15H20N6O3/c16-14(23)11-1-3-12(4-2-11)15-17-19-21(18-15)10-13(22)9-20-5-7-24-8-6-20/h1-4,13,22H,5-10H2,(H2,16,23)/t13-/m0/s1. The summed E-state index contributed by atoms with van der Waals surface area (Å²) in [4.78, 5) is 14.6.